The van der Waals surface area contributed by atoms with Crippen molar-refractivity contribution in [2.75, 3.05) is 21.1 Å². The van der Waals surface area contributed by atoms with Gasteiger partial charge in [-0.25, -0.2) is 4.98 Å². The molecule has 0 aliphatic rings. The Labute approximate surface area is 122 Å². The van der Waals surface area contributed by atoms with Gasteiger partial charge in [0.1, 0.15) is 0 Å². The first-order chi connectivity index (χ1) is 8.59. The topological polar surface area (TPSA) is 28.2 Å². The van der Waals surface area contributed by atoms with Crippen molar-refractivity contribution in [3.63, 3.8) is 0 Å². The summed E-state index contributed by atoms with van der Waals surface area (Å²) in [5.41, 5.74) is 1.44. The standard InChI is InChI=1S/C15H29N3S/c1-14(2,3)12-10-19-13(17-12)9-11(16-6)15(4,5)18(7)8/h10-11,16H,9H2,1-8H3. The molecule has 1 N–H and O–H groups in total. The summed E-state index contributed by atoms with van der Waals surface area (Å²) in [5, 5.41) is 6.87. The van der Waals surface area contributed by atoms with Crippen LogP contribution in [0.15, 0.2) is 5.38 Å². The summed E-state index contributed by atoms with van der Waals surface area (Å²) in [7, 11) is 6.30. The van der Waals surface area contributed by atoms with Gasteiger partial charge < -0.3 is 10.2 Å². The Kier molecular flexibility index (Phi) is 5.15. The average Bonchev–Trinajstić information content (AvgIpc) is 2.73. The Balaban J connectivity index is 2.86. The zero-order valence-electron chi connectivity index (χ0n) is 13.7. The van der Waals surface area contributed by atoms with Crippen molar-refractivity contribution in [3.05, 3.63) is 16.1 Å². The van der Waals surface area contributed by atoms with Crippen molar-refractivity contribution in [1.82, 2.24) is 15.2 Å². The Hall–Kier alpha value is -0.450. The highest BCUT2D eigenvalue weighted by Crippen LogP contribution is 2.26. The molecule has 0 saturated heterocycles. The van der Waals surface area contributed by atoms with Gasteiger partial charge in [-0.05, 0) is 35.0 Å². The van der Waals surface area contributed by atoms with Crippen LogP contribution in [0.4, 0.5) is 0 Å². The number of hydrogen-bond acceptors (Lipinski definition) is 4. The summed E-state index contributed by atoms with van der Waals surface area (Å²) in [4.78, 5) is 7.07. The molecule has 0 saturated carbocycles. The molecule has 110 valence electrons. The summed E-state index contributed by atoms with van der Waals surface area (Å²) >= 11 is 1.78. The lowest BCUT2D eigenvalue weighted by Crippen LogP contribution is -2.55. The molecule has 1 rings (SSSR count). The maximum absolute atomic E-state index is 4.80. The predicted molar refractivity (Wildman–Crippen MR) is 85.1 cm³/mol. The van der Waals surface area contributed by atoms with Crippen LogP contribution in [0.25, 0.3) is 0 Å². The largest absolute Gasteiger partial charge is 0.315 e. The summed E-state index contributed by atoms with van der Waals surface area (Å²) < 4.78 is 0. The maximum Gasteiger partial charge on any atom is 0.0944 e. The van der Waals surface area contributed by atoms with E-state index in [2.05, 4.69) is 64.3 Å². The van der Waals surface area contributed by atoms with E-state index in [0.29, 0.717) is 6.04 Å². The number of nitrogens with zero attached hydrogens (tertiary/aromatic N) is 2. The predicted octanol–water partition coefficient (Wildman–Crippen LogP) is 2.91. The van der Waals surface area contributed by atoms with Crippen molar-refractivity contribution in [2.24, 2.45) is 0 Å². The monoisotopic (exact) mass is 283 g/mol. The zero-order valence-corrected chi connectivity index (χ0v) is 14.5. The molecule has 1 unspecified atom stereocenters. The highest BCUT2D eigenvalue weighted by molar-refractivity contribution is 7.09. The second-order valence-corrected chi connectivity index (χ2v) is 7.91. The molecule has 0 amide bonds. The molecule has 3 nitrogen and oxygen atoms in total. The molecular weight excluding hydrogens is 254 g/mol. The highest BCUT2D eigenvalue weighted by Gasteiger charge is 2.31. The normalized spacial score (nSPS) is 15.0. The van der Waals surface area contributed by atoms with Gasteiger partial charge in [0.2, 0.25) is 0 Å². The molecule has 1 heterocycles. The van der Waals surface area contributed by atoms with Gasteiger partial charge in [-0.2, -0.15) is 0 Å². The minimum atomic E-state index is 0.0995. The summed E-state index contributed by atoms with van der Waals surface area (Å²) in [5.74, 6) is 0. The maximum atomic E-state index is 4.80. The fourth-order valence-corrected chi connectivity index (χ4v) is 3.01. The third kappa shape index (κ3) is 4.01. The van der Waals surface area contributed by atoms with Crippen LogP contribution in [0.2, 0.25) is 0 Å². The van der Waals surface area contributed by atoms with Crippen molar-refractivity contribution in [2.45, 2.75) is 58.0 Å². The highest BCUT2D eigenvalue weighted by atomic mass is 32.1. The number of thiazole rings is 1. The fraction of sp³-hybridized carbons (Fsp3) is 0.800. The van der Waals surface area contributed by atoms with Crippen molar-refractivity contribution in [1.29, 1.82) is 0 Å². The van der Waals surface area contributed by atoms with E-state index in [1.807, 2.05) is 7.05 Å². The van der Waals surface area contributed by atoms with Crippen LogP contribution in [0.1, 0.15) is 45.3 Å². The minimum absolute atomic E-state index is 0.0995. The second kappa shape index (κ2) is 5.90. The molecule has 4 heteroatoms. The lowest BCUT2D eigenvalue weighted by molar-refractivity contribution is 0.141. The van der Waals surface area contributed by atoms with E-state index in [1.165, 1.54) is 10.7 Å². The van der Waals surface area contributed by atoms with E-state index in [4.69, 9.17) is 4.98 Å². The van der Waals surface area contributed by atoms with Gasteiger partial charge in [0, 0.05) is 28.8 Å². The molecule has 1 aromatic rings. The molecule has 19 heavy (non-hydrogen) atoms. The van der Waals surface area contributed by atoms with Gasteiger partial charge >= 0.3 is 0 Å². The van der Waals surface area contributed by atoms with E-state index in [-0.39, 0.29) is 11.0 Å². The van der Waals surface area contributed by atoms with Gasteiger partial charge in [-0.15, -0.1) is 11.3 Å². The Morgan fingerprint density at radius 3 is 2.21 bits per heavy atom. The Bertz CT molecular complexity index is 402. The first-order valence-electron chi connectivity index (χ1n) is 6.88. The molecular formula is C15H29N3S. The van der Waals surface area contributed by atoms with E-state index in [0.717, 1.165) is 6.42 Å². The van der Waals surface area contributed by atoms with Crippen LogP contribution < -0.4 is 5.32 Å². The second-order valence-electron chi connectivity index (χ2n) is 6.97. The lowest BCUT2D eigenvalue weighted by atomic mass is 9.90. The smallest absolute Gasteiger partial charge is 0.0944 e. The van der Waals surface area contributed by atoms with E-state index < -0.39 is 0 Å². The third-order valence-corrected chi connectivity index (χ3v) is 4.92. The number of aromatic nitrogens is 1. The zero-order chi connectivity index (χ0) is 14.8. The summed E-state index contributed by atoms with van der Waals surface area (Å²) in [6.07, 6.45) is 0.975. The number of nitrogens with one attached hydrogen (secondary N) is 1. The molecule has 0 fully saturated rings. The third-order valence-electron chi connectivity index (χ3n) is 4.05. The first kappa shape index (κ1) is 16.6. The Morgan fingerprint density at radius 2 is 1.84 bits per heavy atom. The summed E-state index contributed by atoms with van der Waals surface area (Å²) in [6, 6.07) is 0.390. The molecule has 0 aromatic carbocycles. The average molecular weight is 283 g/mol. The molecule has 0 bridgehead atoms. The van der Waals surface area contributed by atoms with Crippen LogP contribution in [0.3, 0.4) is 0 Å². The van der Waals surface area contributed by atoms with Crippen LogP contribution in [0.5, 0.6) is 0 Å². The summed E-state index contributed by atoms with van der Waals surface area (Å²) in [6.45, 7) is 11.2. The van der Waals surface area contributed by atoms with Crippen molar-refractivity contribution < 1.29 is 0 Å². The van der Waals surface area contributed by atoms with Gasteiger partial charge in [0.15, 0.2) is 0 Å². The van der Waals surface area contributed by atoms with Gasteiger partial charge in [-0.1, -0.05) is 20.8 Å². The molecule has 0 spiro atoms. The van der Waals surface area contributed by atoms with Crippen molar-refractivity contribution in [3.8, 4) is 0 Å². The quantitative estimate of drug-likeness (QED) is 0.900. The number of rotatable bonds is 5. The Morgan fingerprint density at radius 1 is 1.26 bits per heavy atom. The molecule has 0 aliphatic heterocycles. The number of likely N-dealkylation sites (N-methyl/N-ethyl adjacent to an activating group) is 2. The van der Waals surface area contributed by atoms with Gasteiger partial charge in [0.05, 0.1) is 10.7 Å². The lowest BCUT2D eigenvalue weighted by Gasteiger charge is -2.39. The van der Waals surface area contributed by atoms with Crippen LogP contribution in [-0.4, -0.2) is 42.6 Å². The fourth-order valence-electron chi connectivity index (χ4n) is 1.94. The SMILES string of the molecule is CNC(Cc1nc(C(C)(C)C)cs1)C(C)(C)N(C)C. The number of hydrogen-bond donors (Lipinski definition) is 1. The van der Waals surface area contributed by atoms with Crippen LogP contribution in [0, 0.1) is 0 Å². The molecule has 0 aliphatic carbocycles. The molecule has 1 atom stereocenters. The first-order valence-corrected chi connectivity index (χ1v) is 7.76. The van der Waals surface area contributed by atoms with E-state index >= 15 is 0 Å². The van der Waals surface area contributed by atoms with E-state index in [1.54, 1.807) is 11.3 Å². The van der Waals surface area contributed by atoms with Crippen LogP contribution in [-0.2, 0) is 11.8 Å². The minimum Gasteiger partial charge on any atom is -0.315 e. The van der Waals surface area contributed by atoms with Crippen LogP contribution >= 0.6 is 11.3 Å². The molecule has 1 aromatic heterocycles. The van der Waals surface area contributed by atoms with Gasteiger partial charge in [0.25, 0.3) is 0 Å². The molecule has 0 radical (unpaired) electrons. The van der Waals surface area contributed by atoms with Gasteiger partial charge in [-0.3, -0.25) is 0 Å². The van der Waals surface area contributed by atoms with E-state index in [9.17, 15) is 0 Å². The van der Waals surface area contributed by atoms with Crippen molar-refractivity contribution >= 4 is 11.3 Å².